The first-order valence-electron chi connectivity index (χ1n) is 4.97. The molecule has 1 N–H and O–H groups in total. The van der Waals surface area contributed by atoms with Crippen LogP contribution in [0.3, 0.4) is 0 Å². The van der Waals surface area contributed by atoms with E-state index >= 15 is 0 Å². The highest BCUT2D eigenvalue weighted by molar-refractivity contribution is 7.98. The highest BCUT2D eigenvalue weighted by Crippen LogP contribution is 2.40. The molecule has 0 spiro atoms. The maximum Gasteiger partial charge on any atom is 0.174 e. The lowest BCUT2D eigenvalue weighted by atomic mass is 9.98. The number of hydrogen-bond donors (Lipinski definition) is 1. The Morgan fingerprint density at radius 2 is 1.81 bits per heavy atom. The normalized spacial score (nSPS) is 11.4. The highest BCUT2D eigenvalue weighted by atomic mass is 32.2. The van der Waals surface area contributed by atoms with Gasteiger partial charge in [0.25, 0.3) is 0 Å². The van der Waals surface area contributed by atoms with E-state index in [0.717, 1.165) is 10.5 Å². The Bertz CT molecular complexity index is 344. The number of benzene rings is 1. The molecule has 0 bridgehead atoms. The number of aliphatic hydroxyl groups is 1. The fourth-order valence-electron chi connectivity index (χ4n) is 1.43. The molecule has 0 amide bonds. The van der Waals surface area contributed by atoms with E-state index in [1.807, 2.05) is 12.3 Å². The molecule has 0 unspecified atom stereocenters. The van der Waals surface area contributed by atoms with Gasteiger partial charge in [-0.2, -0.15) is 0 Å². The molecule has 16 heavy (non-hydrogen) atoms. The van der Waals surface area contributed by atoms with Gasteiger partial charge in [0, 0.05) is 0 Å². The third-order valence-corrected chi connectivity index (χ3v) is 3.11. The molecule has 0 heterocycles. The standard InChI is InChI=1S/C12H18O3S/c1-12(2,13)8-6-9(14-3)11(15-4)10(7-8)16-5/h6-7,13H,1-5H3. The summed E-state index contributed by atoms with van der Waals surface area (Å²) in [6.07, 6.45) is 1.96. The average Bonchev–Trinajstić information content (AvgIpc) is 2.25. The molecule has 0 aliphatic heterocycles. The summed E-state index contributed by atoms with van der Waals surface area (Å²) in [5, 5.41) is 9.99. The van der Waals surface area contributed by atoms with E-state index < -0.39 is 5.60 Å². The molecule has 4 heteroatoms. The quantitative estimate of drug-likeness (QED) is 0.824. The Labute approximate surface area is 101 Å². The Hall–Kier alpha value is -0.870. The third kappa shape index (κ3) is 2.62. The van der Waals surface area contributed by atoms with E-state index in [9.17, 15) is 5.11 Å². The predicted octanol–water partition coefficient (Wildman–Crippen LogP) is 2.65. The zero-order valence-corrected chi connectivity index (χ0v) is 11.1. The largest absolute Gasteiger partial charge is 0.493 e. The molecular formula is C12H18O3S. The maximum absolute atomic E-state index is 9.99. The summed E-state index contributed by atoms with van der Waals surface area (Å²) in [5.74, 6) is 1.36. The summed E-state index contributed by atoms with van der Waals surface area (Å²) in [7, 11) is 3.21. The zero-order valence-electron chi connectivity index (χ0n) is 10.3. The number of methoxy groups -OCH3 is 2. The minimum absolute atomic E-state index is 0.645. The molecule has 0 radical (unpaired) electrons. The lowest BCUT2D eigenvalue weighted by molar-refractivity contribution is 0.0780. The molecule has 90 valence electrons. The van der Waals surface area contributed by atoms with Crippen molar-refractivity contribution in [3.63, 3.8) is 0 Å². The summed E-state index contributed by atoms with van der Waals surface area (Å²) < 4.78 is 10.6. The molecule has 0 atom stereocenters. The summed E-state index contributed by atoms with van der Waals surface area (Å²) in [6.45, 7) is 3.50. The SMILES string of the molecule is COc1cc(C(C)(C)O)cc(SC)c1OC. The van der Waals surface area contributed by atoms with Crippen LogP contribution in [0.5, 0.6) is 11.5 Å². The zero-order chi connectivity index (χ0) is 12.3. The van der Waals surface area contributed by atoms with Crippen LogP contribution < -0.4 is 9.47 Å². The molecule has 1 aromatic rings. The first-order valence-corrected chi connectivity index (χ1v) is 6.19. The molecule has 1 rings (SSSR count). The molecular weight excluding hydrogens is 224 g/mol. The van der Waals surface area contributed by atoms with Crippen LogP contribution in [-0.4, -0.2) is 25.6 Å². The van der Waals surface area contributed by atoms with Crippen LogP contribution in [0, 0.1) is 0 Å². The van der Waals surface area contributed by atoms with Crippen molar-refractivity contribution in [1.82, 2.24) is 0 Å². The van der Waals surface area contributed by atoms with E-state index in [0.29, 0.717) is 11.5 Å². The maximum atomic E-state index is 9.99. The first kappa shape index (κ1) is 13.2. The third-order valence-electron chi connectivity index (χ3n) is 2.37. The van der Waals surface area contributed by atoms with Crippen molar-refractivity contribution in [3.8, 4) is 11.5 Å². The lowest BCUT2D eigenvalue weighted by Crippen LogP contribution is -2.15. The molecule has 3 nitrogen and oxygen atoms in total. The van der Waals surface area contributed by atoms with Crippen molar-refractivity contribution in [2.45, 2.75) is 24.3 Å². The van der Waals surface area contributed by atoms with Gasteiger partial charge in [-0.15, -0.1) is 11.8 Å². The summed E-state index contributed by atoms with van der Waals surface area (Å²) >= 11 is 1.56. The van der Waals surface area contributed by atoms with Crippen LogP contribution in [-0.2, 0) is 5.60 Å². The van der Waals surface area contributed by atoms with Crippen molar-refractivity contribution in [1.29, 1.82) is 0 Å². The molecule has 0 aliphatic carbocycles. The van der Waals surface area contributed by atoms with Gasteiger partial charge >= 0.3 is 0 Å². The van der Waals surface area contributed by atoms with Crippen LogP contribution in [0.4, 0.5) is 0 Å². The first-order chi connectivity index (χ1) is 7.43. The summed E-state index contributed by atoms with van der Waals surface area (Å²) in [5.41, 5.74) is -0.0705. The van der Waals surface area contributed by atoms with E-state index in [2.05, 4.69) is 0 Å². The Morgan fingerprint density at radius 3 is 2.19 bits per heavy atom. The summed E-state index contributed by atoms with van der Waals surface area (Å²) in [4.78, 5) is 0.957. The average molecular weight is 242 g/mol. The number of ether oxygens (including phenoxy) is 2. The van der Waals surface area contributed by atoms with Gasteiger partial charge in [0.1, 0.15) is 0 Å². The van der Waals surface area contributed by atoms with Gasteiger partial charge < -0.3 is 14.6 Å². The Morgan fingerprint density at radius 1 is 1.19 bits per heavy atom. The predicted molar refractivity (Wildman–Crippen MR) is 66.6 cm³/mol. The van der Waals surface area contributed by atoms with Crippen LogP contribution >= 0.6 is 11.8 Å². The van der Waals surface area contributed by atoms with E-state index in [1.165, 1.54) is 0 Å². The highest BCUT2D eigenvalue weighted by Gasteiger charge is 2.21. The molecule has 0 saturated carbocycles. The van der Waals surface area contributed by atoms with Crippen molar-refractivity contribution in [2.75, 3.05) is 20.5 Å². The van der Waals surface area contributed by atoms with Crippen molar-refractivity contribution in [2.24, 2.45) is 0 Å². The van der Waals surface area contributed by atoms with Gasteiger partial charge in [-0.1, -0.05) is 0 Å². The molecule has 1 aromatic carbocycles. The number of thioether (sulfide) groups is 1. The fraction of sp³-hybridized carbons (Fsp3) is 0.500. The second-order valence-electron chi connectivity index (χ2n) is 3.97. The summed E-state index contributed by atoms with van der Waals surface area (Å²) in [6, 6.07) is 3.73. The van der Waals surface area contributed by atoms with Crippen molar-refractivity contribution >= 4 is 11.8 Å². The number of rotatable bonds is 4. The Kier molecular flexibility index (Phi) is 4.10. The van der Waals surface area contributed by atoms with Gasteiger partial charge in [-0.25, -0.2) is 0 Å². The van der Waals surface area contributed by atoms with Crippen LogP contribution in [0.2, 0.25) is 0 Å². The van der Waals surface area contributed by atoms with E-state index in [-0.39, 0.29) is 0 Å². The monoisotopic (exact) mass is 242 g/mol. The minimum atomic E-state index is -0.885. The van der Waals surface area contributed by atoms with Gasteiger partial charge in [-0.05, 0) is 37.8 Å². The second-order valence-corrected chi connectivity index (χ2v) is 4.82. The van der Waals surface area contributed by atoms with Crippen LogP contribution in [0.25, 0.3) is 0 Å². The van der Waals surface area contributed by atoms with E-state index in [4.69, 9.17) is 9.47 Å². The molecule has 0 aromatic heterocycles. The van der Waals surface area contributed by atoms with Gasteiger partial charge in [0.05, 0.1) is 24.7 Å². The minimum Gasteiger partial charge on any atom is -0.493 e. The number of hydrogen-bond acceptors (Lipinski definition) is 4. The van der Waals surface area contributed by atoms with Crippen molar-refractivity contribution in [3.05, 3.63) is 17.7 Å². The fourth-order valence-corrected chi connectivity index (χ4v) is 2.05. The molecule has 0 fully saturated rings. The van der Waals surface area contributed by atoms with Gasteiger partial charge in [0.2, 0.25) is 0 Å². The molecule has 0 saturated heterocycles. The van der Waals surface area contributed by atoms with Crippen LogP contribution in [0.15, 0.2) is 17.0 Å². The van der Waals surface area contributed by atoms with Gasteiger partial charge in [0.15, 0.2) is 11.5 Å². The topological polar surface area (TPSA) is 38.7 Å². The van der Waals surface area contributed by atoms with Crippen LogP contribution in [0.1, 0.15) is 19.4 Å². The van der Waals surface area contributed by atoms with Gasteiger partial charge in [-0.3, -0.25) is 0 Å². The Balaban J connectivity index is 3.37. The van der Waals surface area contributed by atoms with E-state index in [1.54, 1.807) is 45.9 Å². The lowest BCUT2D eigenvalue weighted by Gasteiger charge is -2.21. The smallest absolute Gasteiger partial charge is 0.174 e. The molecule has 0 aliphatic rings. The second kappa shape index (κ2) is 4.97. The van der Waals surface area contributed by atoms with Crippen molar-refractivity contribution < 1.29 is 14.6 Å².